The summed E-state index contributed by atoms with van der Waals surface area (Å²) in [5, 5.41) is 15.9. The topological polar surface area (TPSA) is 56.5 Å². The lowest BCUT2D eigenvalue weighted by molar-refractivity contribution is 0.631. The van der Waals surface area contributed by atoms with Crippen LogP contribution in [-0.4, -0.2) is 24.6 Å². The van der Waals surface area contributed by atoms with Crippen molar-refractivity contribution in [2.75, 3.05) is 0 Å². The minimum atomic E-state index is 0.731. The maximum absolute atomic E-state index is 4.07. The van der Waals surface area contributed by atoms with Gasteiger partial charge in [-0.3, -0.25) is 0 Å². The molecule has 3 heterocycles. The van der Waals surface area contributed by atoms with E-state index >= 15 is 0 Å². The van der Waals surface area contributed by atoms with E-state index in [1.165, 1.54) is 16.4 Å². The molecule has 86 valence electrons. The second kappa shape index (κ2) is 4.72. The van der Waals surface area contributed by atoms with E-state index in [0.717, 1.165) is 24.4 Å². The third kappa shape index (κ3) is 2.40. The predicted molar refractivity (Wildman–Crippen MR) is 66.2 cm³/mol. The molecule has 17 heavy (non-hydrogen) atoms. The average Bonchev–Trinajstić information content (AvgIpc) is 3.04. The van der Waals surface area contributed by atoms with Crippen LogP contribution in [0.1, 0.15) is 16.3 Å². The first kappa shape index (κ1) is 10.5. The van der Waals surface area contributed by atoms with Gasteiger partial charge in [0.05, 0.1) is 6.54 Å². The van der Waals surface area contributed by atoms with E-state index in [-0.39, 0.29) is 0 Å². The van der Waals surface area contributed by atoms with Crippen molar-refractivity contribution >= 4 is 22.9 Å². The van der Waals surface area contributed by atoms with Crippen molar-refractivity contribution in [2.24, 2.45) is 0 Å². The number of tetrazole rings is 1. The highest BCUT2D eigenvalue weighted by molar-refractivity contribution is 7.09. The first-order chi connectivity index (χ1) is 8.42. The Morgan fingerprint density at radius 3 is 3.12 bits per heavy atom. The number of rotatable bonds is 4. The van der Waals surface area contributed by atoms with Crippen LogP contribution in [0.25, 0.3) is 0 Å². The molecular formula is C10H9N5S2. The summed E-state index contributed by atoms with van der Waals surface area (Å²) < 4.78 is 5.91. The summed E-state index contributed by atoms with van der Waals surface area (Å²) in [4.78, 5) is 1.25. The Morgan fingerprint density at radius 1 is 1.35 bits per heavy atom. The second-order valence-corrected chi connectivity index (χ2v) is 5.23. The zero-order chi connectivity index (χ0) is 11.5. The SMILES string of the molecule is c1csc(Cn2nnnc2Cc2cnsc2)c1. The van der Waals surface area contributed by atoms with Gasteiger partial charge in [-0.15, -0.1) is 16.4 Å². The smallest absolute Gasteiger partial charge is 0.156 e. The Labute approximate surface area is 106 Å². The Hall–Kier alpha value is -1.60. The van der Waals surface area contributed by atoms with Crippen molar-refractivity contribution in [1.82, 2.24) is 24.6 Å². The summed E-state index contributed by atoms with van der Waals surface area (Å²) in [7, 11) is 0. The van der Waals surface area contributed by atoms with Gasteiger partial charge in [0, 0.05) is 22.9 Å². The fraction of sp³-hybridized carbons (Fsp3) is 0.200. The molecule has 0 saturated carbocycles. The van der Waals surface area contributed by atoms with Crippen LogP contribution in [0.15, 0.2) is 29.1 Å². The summed E-state index contributed by atoms with van der Waals surface area (Å²) in [5.41, 5.74) is 1.15. The van der Waals surface area contributed by atoms with Gasteiger partial charge in [-0.25, -0.2) is 9.06 Å². The Morgan fingerprint density at radius 2 is 2.35 bits per heavy atom. The molecule has 0 aliphatic rings. The largest absolute Gasteiger partial charge is 0.224 e. The molecule has 0 spiro atoms. The third-order valence-corrected chi connectivity index (χ3v) is 3.83. The van der Waals surface area contributed by atoms with Gasteiger partial charge in [0.15, 0.2) is 5.82 Å². The van der Waals surface area contributed by atoms with Crippen LogP contribution < -0.4 is 0 Å². The summed E-state index contributed by atoms with van der Waals surface area (Å²) >= 11 is 3.16. The van der Waals surface area contributed by atoms with Gasteiger partial charge in [0.1, 0.15) is 0 Å². The van der Waals surface area contributed by atoms with Crippen LogP contribution in [0.3, 0.4) is 0 Å². The lowest BCUT2D eigenvalue weighted by Crippen LogP contribution is -2.06. The van der Waals surface area contributed by atoms with Crippen LogP contribution in [0.2, 0.25) is 0 Å². The lowest BCUT2D eigenvalue weighted by atomic mass is 10.2. The number of hydrogen-bond donors (Lipinski definition) is 0. The molecule has 0 radical (unpaired) electrons. The normalized spacial score (nSPS) is 10.8. The van der Waals surface area contributed by atoms with Crippen molar-refractivity contribution < 1.29 is 0 Å². The van der Waals surface area contributed by atoms with Crippen LogP contribution in [0.5, 0.6) is 0 Å². The Balaban J connectivity index is 1.79. The van der Waals surface area contributed by atoms with E-state index in [4.69, 9.17) is 0 Å². The molecule has 0 amide bonds. The molecule has 3 rings (SSSR count). The maximum Gasteiger partial charge on any atom is 0.156 e. The first-order valence-corrected chi connectivity index (χ1v) is 6.79. The van der Waals surface area contributed by atoms with Gasteiger partial charge in [0.2, 0.25) is 0 Å². The van der Waals surface area contributed by atoms with E-state index < -0.39 is 0 Å². The minimum Gasteiger partial charge on any atom is -0.224 e. The van der Waals surface area contributed by atoms with E-state index in [0.29, 0.717) is 0 Å². The van der Waals surface area contributed by atoms with Crippen molar-refractivity contribution in [1.29, 1.82) is 0 Å². The van der Waals surface area contributed by atoms with Gasteiger partial charge in [-0.2, -0.15) is 0 Å². The second-order valence-electron chi connectivity index (χ2n) is 3.54. The van der Waals surface area contributed by atoms with Crippen LogP contribution >= 0.6 is 22.9 Å². The number of thiophene rings is 1. The molecule has 0 bridgehead atoms. The van der Waals surface area contributed by atoms with Crippen molar-refractivity contribution in [3.8, 4) is 0 Å². The monoisotopic (exact) mass is 263 g/mol. The summed E-state index contributed by atoms with van der Waals surface area (Å²) in [6.07, 6.45) is 2.59. The lowest BCUT2D eigenvalue weighted by Gasteiger charge is -2.01. The fourth-order valence-electron chi connectivity index (χ4n) is 1.52. The van der Waals surface area contributed by atoms with Crippen LogP contribution in [0, 0.1) is 0 Å². The molecule has 0 N–H and O–H groups in total. The van der Waals surface area contributed by atoms with Gasteiger partial charge < -0.3 is 0 Å². The van der Waals surface area contributed by atoms with Gasteiger partial charge in [-0.05, 0) is 39.0 Å². The van der Waals surface area contributed by atoms with E-state index in [1.54, 1.807) is 11.3 Å². The highest BCUT2D eigenvalue weighted by Gasteiger charge is 2.08. The highest BCUT2D eigenvalue weighted by Crippen LogP contribution is 2.12. The Kier molecular flexibility index (Phi) is 2.93. The third-order valence-electron chi connectivity index (χ3n) is 2.34. The predicted octanol–water partition coefficient (Wildman–Crippen LogP) is 1.83. The summed E-state index contributed by atoms with van der Waals surface area (Å²) in [6.45, 7) is 0.734. The fourth-order valence-corrected chi connectivity index (χ4v) is 2.74. The molecular weight excluding hydrogens is 254 g/mol. The van der Waals surface area contributed by atoms with Crippen LogP contribution in [-0.2, 0) is 13.0 Å². The van der Waals surface area contributed by atoms with Crippen molar-refractivity contribution in [2.45, 2.75) is 13.0 Å². The van der Waals surface area contributed by atoms with Crippen molar-refractivity contribution in [3.05, 3.63) is 45.4 Å². The Bertz CT molecular complexity index is 519. The molecule has 0 aliphatic heterocycles. The quantitative estimate of drug-likeness (QED) is 0.720. The van der Waals surface area contributed by atoms with Gasteiger partial charge >= 0.3 is 0 Å². The molecule has 7 heteroatoms. The van der Waals surface area contributed by atoms with Crippen LogP contribution in [0.4, 0.5) is 0 Å². The minimum absolute atomic E-state index is 0.731. The van der Waals surface area contributed by atoms with E-state index in [1.807, 2.05) is 22.3 Å². The van der Waals surface area contributed by atoms with E-state index in [2.05, 4.69) is 31.3 Å². The molecule has 3 aromatic rings. The zero-order valence-corrected chi connectivity index (χ0v) is 10.5. The number of hydrogen-bond acceptors (Lipinski definition) is 6. The average molecular weight is 263 g/mol. The van der Waals surface area contributed by atoms with Gasteiger partial charge in [-0.1, -0.05) is 6.07 Å². The first-order valence-electron chi connectivity index (χ1n) is 5.07. The molecule has 0 aliphatic carbocycles. The standard InChI is InChI=1S/C10H9N5S2/c1-2-9(16-3-1)6-15-10(12-13-14-15)4-8-5-11-17-7-8/h1-3,5,7H,4,6H2. The molecule has 5 nitrogen and oxygen atoms in total. The molecule has 3 aromatic heterocycles. The molecule has 0 unspecified atom stereocenters. The molecule has 0 fully saturated rings. The van der Waals surface area contributed by atoms with Crippen molar-refractivity contribution in [3.63, 3.8) is 0 Å². The molecule has 0 saturated heterocycles. The summed E-state index contributed by atoms with van der Waals surface area (Å²) in [5.74, 6) is 0.874. The number of aromatic nitrogens is 5. The maximum atomic E-state index is 4.07. The summed E-state index contributed by atoms with van der Waals surface area (Å²) in [6, 6.07) is 4.12. The number of nitrogens with zero attached hydrogens (tertiary/aromatic N) is 5. The van der Waals surface area contributed by atoms with E-state index in [9.17, 15) is 0 Å². The molecule has 0 aromatic carbocycles. The zero-order valence-electron chi connectivity index (χ0n) is 8.85. The van der Waals surface area contributed by atoms with Gasteiger partial charge in [0.25, 0.3) is 0 Å². The molecule has 0 atom stereocenters. The highest BCUT2D eigenvalue weighted by atomic mass is 32.1.